The minimum Gasteiger partial charge on any atom is -0.387 e. The molecule has 2 heterocycles. The summed E-state index contributed by atoms with van der Waals surface area (Å²) in [5.74, 6) is -1.71. The molecule has 1 aromatic carbocycles. The topological polar surface area (TPSA) is 210 Å². The van der Waals surface area contributed by atoms with Gasteiger partial charge in [0.05, 0.1) is 13.2 Å². The maximum atomic E-state index is 12.8. The standard InChI is InChI=1S/C17H22F5N3O11P2S/c18-39(19,20,21,22)11-3-1-10(2-4-11)7-34-24-13-5-6-25(17(28)23-13)16-15(27)14(26)12(36-16)8-35-38(32,33)9-37(29,30)31/h1-6,12,14-16,26-27H,7-9H2,(H,32,33)(H,23,24,28)(H2,29,30,31)/t12-,14-,15-,16-/m1/s1. The van der Waals surface area contributed by atoms with Gasteiger partial charge >= 0.3 is 31.1 Å². The van der Waals surface area contributed by atoms with Crippen molar-refractivity contribution in [3.05, 3.63) is 52.6 Å². The average molecular weight is 633 g/mol. The van der Waals surface area contributed by atoms with Crippen molar-refractivity contribution < 1.29 is 67.6 Å². The first-order valence-corrected chi connectivity index (χ1v) is 15.9. The third kappa shape index (κ3) is 8.76. The molecule has 5 atom stereocenters. The molecule has 6 N–H and O–H groups in total. The predicted molar refractivity (Wildman–Crippen MR) is 123 cm³/mol. The molecule has 1 aliphatic rings. The van der Waals surface area contributed by atoms with Crippen LogP contribution in [0.4, 0.5) is 25.2 Å². The van der Waals surface area contributed by atoms with Gasteiger partial charge in [-0.05, 0) is 23.8 Å². The molecule has 0 aliphatic carbocycles. The van der Waals surface area contributed by atoms with E-state index in [0.29, 0.717) is 0 Å². The van der Waals surface area contributed by atoms with E-state index in [4.69, 9.17) is 19.4 Å². The van der Waals surface area contributed by atoms with Crippen molar-refractivity contribution in [2.24, 2.45) is 0 Å². The van der Waals surface area contributed by atoms with Crippen molar-refractivity contribution in [2.75, 3.05) is 18.0 Å². The predicted octanol–water partition coefficient (Wildman–Crippen LogP) is 2.40. The molecule has 0 bridgehead atoms. The van der Waals surface area contributed by atoms with Crippen LogP contribution < -0.4 is 11.2 Å². The number of hydrogen-bond donors (Lipinski definition) is 6. The Morgan fingerprint density at radius 3 is 2.18 bits per heavy atom. The number of benzene rings is 1. The molecule has 3 rings (SSSR count). The van der Waals surface area contributed by atoms with Gasteiger partial charge in [-0.25, -0.2) is 10.3 Å². The minimum atomic E-state index is -9.81. The van der Waals surface area contributed by atoms with E-state index in [1.807, 2.05) is 0 Å². The zero-order chi connectivity index (χ0) is 29.5. The third-order valence-corrected chi connectivity index (χ3v) is 9.65. The fourth-order valence-electron chi connectivity index (χ4n) is 3.26. The fourth-order valence-corrected chi connectivity index (χ4v) is 6.48. The number of halogens is 5. The molecule has 222 valence electrons. The first-order chi connectivity index (χ1) is 17.5. The second kappa shape index (κ2) is 10.1. The van der Waals surface area contributed by atoms with Gasteiger partial charge in [-0.2, -0.15) is 4.98 Å². The van der Waals surface area contributed by atoms with E-state index in [0.717, 1.165) is 29.0 Å². The van der Waals surface area contributed by atoms with Crippen LogP contribution in [0, 0.1) is 0 Å². The number of rotatable bonds is 11. The highest BCUT2D eigenvalue weighted by atomic mass is 32.5. The summed E-state index contributed by atoms with van der Waals surface area (Å²) in [6, 6.07) is 3.08. The molecular weight excluding hydrogens is 611 g/mol. The van der Waals surface area contributed by atoms with Gasteiger partial charge in [-0.3, -0.25) is 18.5 Å². The molecule has 0 amide bonds. The molecule has 14 nitrogen and oxygen atoms in total. The largest absolute Gasteiger partial charge is 0.387 e. The fraction of sp³-hybridized carbons (Fsp3) is 0.412. The summed E-state index contributed by atoms with van der Waals surface area (Å²) in [6.07, 6.45) is -5.51. The van der Waals surface area contributed by atoms with Crippen molar-refractivity contribution >= 4 is 31.2 Å². The number of aliphatic hydroxyl groups excluding tert-OH is 2. The number of anilines is 1. The monoisotopic (exact) mass is 633 g/mol. The van der Waals surface area contributed by atoms with Crippen LogP contribution in [0.25, 0.3) is 0 Å². The van der Waals surface area contributed by atoms with E-state index < -0.39 is 79.7 Å². The van der Waals surface area contributed by atoms with Gasteiger partial charge < -0.3 is 34.2 Å². The summed E-state index contributed by atoms with van der Waals surface area (Å²) in [5.41, 5.74) is 1.22. The van der Waals surface area contributed by atoms with Crippen molar-refractivity contribution in [1.82, 2.24) is 9.55 Å². The molecule has 1 fully saturated rings. The summed E-state index contributed by atoms with van der Waals surface area (Å²) in [7, 11) is -19.5. The van der Waals surface area contributed by atoms with Crippen LogP contribution in [0.2, 0.25) is 0 Å². The first-order valence-electron chi connectivity index (χ1n) is 10.4. The molecular formula is C17H22F5N3O11P2S. The van der Waals surface area contributed by atoms with E-state index in [1.165, 1.54) is 0 Å². The third-order valence-electron chi connectivity index (χ3n) is 5.03. The number of aliphatic hydroxyl groups is 2. The molecule has 1 saturated heterocycles. The van der Waals surface area contributed by atoms with Crippen molar-refractivity contribution in [3.8, 4) is 0 Å². The molecule has 0 spiro atoms. The average Bonchev–Trinajstić information content (AvgIpc) is 3.03. The van der Waals surface area contributed by atoms with Gasteiger partial charge in [0.25, 0.3) is 0 Å². The molecule has 0 radical (unpaired) electrons. The highest BCUT2D eigenvalue weighted by Gasteiger charge is 2.65. The van der Waals surface area contributed by atoms with Gasteiger partial charge in [0.15, 0.2) is 17.9 Å². The summed E-state index contributed by atoms with van der Waals surface area (Å²) in [4.78, 5) is 46.0. The Morgan fingerprint density at radius 1 is 1.03 bits per heavy atom. The second-order valence-corrected chi connectivity index (χ2v) is 14.7. The van der Waals surface area contributed by atoms with Crippen LogP contribution in [-0.4, -0.2) is 65.3 Å². The van der Waals surface area contributed by atoms with Gasteiger partial charge in [0.2, 0.25) is 0 Å². The molecule has 1 unspecified atom stereocenters. The number of ether oxygens (including phenoxy) is 1. The van der Waals surface area contributed by atoms with E-state index in [1.54, 1.807) is 0 Å². The van der Waals surface area contributed by atoms with E-state index in [2.05, 4.69) is 15.0 Å². The van der Waals surface area contributed by atoms with Crippen molar-refractivity contribution in [3.63, 3.8) is 0 Å². The lowest BCUT2D eigenvalue weighted by Gasteiger charge is -2.40. The van der Waals surface area contributed by atoms with Crippen molar-refractivity contribution in [2.45, 2.75) is 36.0 Å². The lowest BCUT2D eigenvalue weighted by atomic mass is 10.1. The van der Waals surface area contributed by atoms with Crippen LogP contribution in [0.3, 0.4) is 0 Å². The van der Waals surface area contributed by atoms with Gasteiger partial charge in [0, 0.05) is 6.20 Å². The first kappa shape index (κ1) is 31.6. The normalized spacial score (nSPS) is 25.5. The Labute approximate surface area is 215 Å². The maximum absolute atomic E-state index is 12.8. The number of nitrogens with zero attached hydrogens (tertiary/aromatic N) is 2. The van der Waals surface area contributed by atoms with Gasteiger partial charge in [0.1, 0.15) is 23.2 Å². The molecule has 1 aliphatic heterocycles. The van der Waals surface area contributed by atoms with Crippen LogP contribution in [0.1, 0.15) is 11.8 Å². The van der Waals surface area contributed by atoms with E-state index >= 15 is 0 Å². The lowest BCUT2D eigenvalue weighted by molar-refractivity contribution is -0.0523. The van der Waals surface area contributed by atoms with Crippen molar-refractivity contribution in [1.29, 1.82) is 0 Å². The van der Waals surface area contributed by atoms with E-state index in [9.17, 15) is 48.5 Å². The summed E-state index contributed by atoms with van der Waals surface area (Å²) >= 11 is 0. The SMILES string of the molecule is O=c1nc(NOCc2ccc(S(F)(F)(F)(F)F)cc2)ccn1[C@@H]1O[C@H](COP(=O)(O)CP(=O)(O)O)[C@@H](O)[C@H]1O. The minimum absolute atomic E-state index is 0.0689. The maximum Gasteiger partial charge on any atom is 0.351 e. The molecule has 39 heavy (non-hydrogen) atoms. The summed E-state index contributed by atoms with van der Waals surface area (Å²) < 4.78 is 97.1. The summed E-state index contributed by atoms with van der Waals surface area (Å²) in [6.45, 7) is -1.29. The quantitative estimate of drug-likeness (QED) is 0.119. The number of hydrogen-bond acceptors (Lipinski definition) is 10. The second-order valence-electron chi connectivity index (χ2n) is 8.29. The Bertz CT molecular complexity index is 1360. The molecule has 22 heteroatoms. The number of aromatic nitrogens is 2. The van der Waals surface area contributed by atoms with Crippen LogP contribution in [-0.2, 0) is 29.8 Å². The van der Waals surface area contributed by atoms with Gasteiger partial charge in [-0.1, -0.05) is 31.6 Å². The molecule has 2 aromatic rings. The Kier molecular flexibility index (Phi) is 8.21. The van der Waals surface area contributed by atoms with Crippen LogP contribution in [0.15, 0.2) is 46.2 Å². The lowest BCUT2D eigenvalue weighted by Crippen LogP contribution is -2.36. The zero-order valence-electron chi connectivity index (χ0n) is 19.2. The molecule has 0 saturated carbocycles. The Hall–Kier alpha value is -1.96. The van der Waals surface area contributed by atoms with Crippen LogP contribution in [0.5, 0.6) is 0 Å². The summed E-state index contributed by atoms with van der Waals surface area (Å²) in [5, 5.41) is 20.4. The Balaban J connectivity index is 1.59. The zero-order valence-corrected chi connectivity index (χ0v) is 21.8. The highest BCUT2D eigenvalue weighted by molar-refractivity contribution is 8.45. The van der Waals surface area contributed by atoms with Gasteiger partial charge in [-0.15, -0.1) is 0 Å². The smallest absolute Gasteiger partial charge is 0.351 e. The van der Waals surface area contributed by atoms with Crippen LogP contribution >= 0.6 is 25.4 Å². The highest BCUT2D eigenvalue weighted by Crippen LogP contribution is 3.02. The molecule has 1 aromatic heterocycles. The number of nitrogens with one attached hydrogen (secondary N) is 1. The Morgan fingerprint density at radius 2 is 1.64 bits per heavy atom. The van der Waals surface area contributed by atoms with E-state index in [-0.39, 0.29) is 23.5 Å².